The van der Waals surface area contributed by atoms with E-state index in [-0.39, 0.29) is 11.8 Å². The summed E-state index contributed by atoms with van der Waals surface area (Å²) >= 11 is 0. The van der Waals surface area contributed by atoms with Crippen molar-refractivity contribution in [2.45, 2.75) is 19.3 Å². The number of nitrogens with zero attached hydrogens (tertiary/aromatic N) is 4. The minimum absolute atomic E-state index is 0.0300. The molecule has 1 saturated heterocycles. The number of fused-ring (bicyclic) bond motifs is 1. The normalized spacial score (nSPS) is 17.8. The summed E-state index contributed by atoms with van der Waals surface area (Å²) in [5.41, 5.74) is 2.33. The molecule has 116 valence electrons. The van der Waals surface area contributed by atoms with Crippen LogP contribution in [0.15, 0.2) is 36.5 Å². The number of nitrogens with one attached hydrogen (secondary N) is 1. The minimum Gasteiger partial charge on any atom is -0.336 e. The van der Waals surface area contributed by atoms with Crippen molar-refractivity contribution in [3.05, 3.63) is 53.7 Å². The van der Waals surface area contributed by atoms with E-state index >= 15 is 0 Å². The van der Waals surface area contributed by atoms with E-state index in [1.54, 1.807) is 6.20 Å². The topological polar surface area (TPSA) is 74.8 Å². The molecule has 1 aliphatic heterocycles. The molecular formula is C17H17N5O. The summed E-state index contributed by atoms with van der Waals surface area (Å²) in [5, 5.41) is 7.99. The number of aromatic amines is 1. The first-order chi connectivity index (χ1) is 11.2. The Balaban J connectivity index is 1.56. The molecule has 1 atom stereocenters. The molecule has 4 rings (SSSR count). The van der Waals surface area contributed by atoms with E-state index in [0.717, 1.165) is 28.8 Å². The van der Waals surface area contributed by atoms with Crippen molar-refractivity contribution in [2.24, 2.45) is 0 Å². The average Bonchev–Trinajstić information content (AvgIpc) is 3.22. The molecule has 6 nitrogen and oxygen atoms in total. The van der Waals surface area contributed by atoms with Gasteiger partial charge in [-0.15, -0.1) is 0 Å². The Morgan fingerprint density at radius 1 is 1.30 bits per heavy atom. The van der Waals surface area contributed by atoms with Crippen LogP contribution in [0.1, 0.15) is 34.3 Å². The highest BCUT2D eigenvalue weighted by Gasteiger charge is 2.31. The van der Waals surface area contributed by atoms with Crippen molar-refractivity contribution in [1.82, 2.24) is 25.1 Å². The number of carbonyl (C=O) groups is 1. The van der Waals surface area contributed by atoms with E-state index in [1.165, 1.54) is 0 Å². The molecular weight excluding hydrogens is 290 g/mol. The fourth-order valence-electron chi connectivity index (χ4n) is 3.10. The van der Waals surface area contributed by atoms with Gasteiger partial charge in [0, 0.05) is 36.3 Å². The summed E-state index contributed by atoms with van der Waals surface area (Å²) in [4.78, 5) is 23.5. The van der Waals surface area contributed by atoms with Gasteiger partial charge in [0.2, 0.25) is 0 Å². The number of carbonyl (C=O) groups excluding carboxylic acids is 1. The lowest BCUT2D eigenvalue weighted by molar-refractivity contribution is 0.0786. The number of hydrogen-bond donors (Lipinski definition) is 1. The van der Waals surface area contributed by atoms with Crippen molar-refractivity contribution < 1.29 is 4.79 Å². The van der Waals surface area contributed by atoms with Crippen molar-refractivity contribution in [2.75, 3.05) is 13.1 Å². The minimum atomic E-state index is -0.0300. The maximum Gasteiger partial charge on any atom is 0.275 e. The van der Waals surface area contributed by atoms with E-state index in [1.807, 2.05) is 42.2 Å². The van der Waals surface area contributed by atoms with Crippen LogP contribution >= 0.6 is 0 Å². The number of rotatable bonds is 2. The number of benzene rings is 1. The Kier molecular flexibility index (Phi) is 3.29. The van der Waals surface area contributed by atoms with Crippen molar-refractivity contribution in [1.29, 1.82) is 0 Å². The highest BCUT2D eigenvalue weighted by molar-refractivity contribution is 6.04. The molecule has 1 amide bonds. The summed E-state index contributed by atoms with van der Waals surface area (Å²) in [5.74, 6) is 0.994. The Labute approximate surface area is 133 Å². The second-order valence-corrected chi connectivity index (χ2v) is 5.91. The average molecular weight is 307 g/mol. The largest absolute Gasteiger partial charge is 0.336 e. The van der Waals surface area contributed by atoms with Crippen LogP contribution in [0.25, 0.3) is 10.9 Å². The van der Waals surface area contributed by atoms with Gasteiger partial charge >= 0.3 is 0 Å². The van der Waals surface area contributed by atoms with Gasteiger partial charge in [-0.1, -0.05) is 18.2 Å². The molecule has 2 aromatic heterocycles. The quantitative estimate of drug-likeness (QED) is 0.788. The van der Waals surface area contributed by atoms with Gasteiger partial charge in [-0.05, 0) is 25.5 Å². The van der Waals surface area contributed by atoms with E-state index < -0.39 is 0 Å². The zero-order valence-electron chi connectivity index (χ0n) is 12.9. The fraction of sp³-hybridized carbons (Fsp3) is 0.294. The number of para-hydroxylation sites is 1. The van der Waals surface area contributed by atoms with E-state index in [9.17, 15) is 4.79 Å². The molecule has 1 aliphatic rings. The maximum absolute atomic E-state index is 12.8. The summed E-state index contributed by atoms with van der Waals surface area (Å²) < 4.78 is 0. The molecule has 3 heterocycles. The number of hydrogen-bond acceptors (Lipinski definition) is 4. The molecule has 3 aromatic rings. The first-order valence-electron chi connectivity index (χ1n) is 7.74. The molecule has 1 aromatic carbocycles. The van der Waals surface area contributed by atoms with Crippen LogP contribution in [0.5, 0.6) is 0 Å². The van der Waals surface area contributed by atoms with Crippen molar-refractivity contribution in [3.8, 4) is 0 Å². The fourth-order valence-corrected chi connectivity index (χ4v) is 3.10. The zero-order valence-corrected chi connectivity index (χ0v) is 12.9. The summed E-state index contributed by atoms with van der Waals surface area (Å²) in [6.45, 7) is 3.31. The molecule has 1 N–H and O–H groups in total. The molecule has 1 fully saturated rings. The monoisotopic (exact) mass is 307 g/mol. The van der Waals surface area contributed by atoms with Gasteiger partial charge in [0.15, 0.2) is 5.69 Å². The van der Waals surface area contributed by atoms with Crippen molar-refractivity contribution in [3.63, 3.8) is 0 Å². The Morgan fingerprint density at radius 2 is 2.17 bits per heavy atom. The number of H-pyrrole nitrogens is 1. The SMILES string of the molecule is Cc1ccnc([C@@H]2CCN(C(=O)c3n[nH]c4ccccc34)C2)n1. The summed E-state index contributed by atoms with van der Waals surface area (Å²) in [6.07, 6.45) is 2.67. The van der Waals surface area contributed by atoms with Gasteiger partial charge in [0.25, 0.3) is 5.91 Å². The molecule has 0 spiro atoms. The van der Waals surface area contributed by atoms with Gasteiger partial charge in [0.05, 0.1) is 5.52 Å². The highest BCUT2D eigenvalue weighted by atomic mass is 16.2. The smallest absolute Gasteiger partial charge is 0.275 e. The zero-order chi connectivity index (χ0) is 15.8. The summed E-state index contributed by atoms with van der Waals surface area (Å²) in [7, 11) is 0. The predicted molar refractivity (Wildman–Crippen MR) is 86.1 cm³/mol. The molecule has 23 heavy (non-hydrogen) atoms. The molecule has 6 heteroatoms. The predicted octanol–water partition coefficient (Wildman–Crippen LogP) is 2.29. The van der Waals surface area contributed by atoms with Crippen LogP contribution in [0.3, 0.4) is 0 Å². The summed E-state index contributed by atoms with van der Waals surface area (Å²) in [6, 6.07) is 9.57. The van der Waals surface area contributed by atoms with Gasteiger partial charge in [0.1, 0.15) is 5.82 Å². The van der Waals surface area contributed by atoms with E-state index in [4.69, 9.17) is 0 Å². The lowest BCUT2D eigenvalue weighted by Gasteiger charge is -2.15. The third-order valence-corrected chi connectivity index (χ3v) is 4.33. The Morgan fingerprint density at radius 3 is 3.04 bits per heavy atom. The van der Waals surface area contributed by atoms with Crippen LogP contribution < -0.4 is 0 Å². The standard InChI is InChI=1S/C17H17N5O/c1-11-6-8-18-16(19-11)12-7-9-22(10-12)17(23)15-13-4-2-3-5-14(13)20-21-15/h2-6,8,12H,7,9-10H2,1H3,(H,20,21)/t12-/m1/s1. The highest BCUT2D eigenvalue weighted by Crippen LogP contribution is 2.27. The Hall–Kier alpha value is -2.76. The lowest BCUT2D eigenvalue weighted by atomic mass is 10.1. The number of aromatic nitrogens is 4. The third-order valence-electron chi connectivity index (χ3n) is 4.33. The third kappa shape index (κ3) is 2.46. The van der Waals surface area contributed by atoms with Crippen LogP contribution in [0.4, 0.5) is 0 Å². The number of aryl methyl sites for hydroxylation is 1. The lowest BCUT2D eigenvalue weighted by Crippen LogP contribution is -2.29. The van der Waals surface area contributed by atoms with Crippen LogP contribution in [0, 0.1) is 6.92 Å². The maximum atomic E-state index is 12.8. The molecule has 0 saturated carbocycles. The van der Waals surface area contributed by atoms with Gasteiger partial charge in [-0.3, -0.25) is 9.89 Å². The molecule has 0 aliphatic carbocycles. The molecule has 0 unspecified atom stereocenters. The van der Waals surface area contributed by atoms with E-state index in [0.29, 0.717) is 18.8 Å². The van der Waals surface area contributed by atoms with E-state index in [2.05, 4.69) is 20.2 Å². The van der Waals surface area contributed by atoms with Gasteiger partial charge < -0.3 is 4.90 Å². The number of amides is 1. The second kappa shape index (κ2) is 5.46. The number of likely N-dealkylation sites (tertiary alicyclic amines) is 1. The Bertz CT molecular complexity index is 872. The van der Waals surface area contributed by atoms with Crippen LogP contribution in [-0.2, 0) is 0 Å². The first kappa shape index (κ1) is 13.9. The van der Waals surface area contributed by atoms with Gasteiger partial charge in [-0.2, -0.15) is 5.10 Å². The molecule has 0 radical (unpaired) electrons. The molecule has 0 bridgehead atoms. The van der Waals surface area contributed by atoms with Crippen molar-refractivity contribution >= 4 is 16.8 Å². The van der Waals surface area contributed by atoms with Crippen LogP contribution in [0.2, 0.25) is 0 Å². The van der Waals surface area contributed by atoms with Gasteiger partial charge in [-0.25, -0.2) is 9.97 Å². The van der Waals surface area contributed by atoms with Crippen LogP contribution in [-0.4, -0.2) is 44.1 Å². The first-order valence-corrected chi connectivity index (χ1v) is 7.74. The second-order valence-electron chi connectivity index (χ2n) is 5.91.